The summed E-state index contributed by atoms with van der Waals surface area (Å²) in [7, 11) is -3.30. The van der Waals surface area contributed by atoms with E-state index < -0.39 is 10.0 Å². The largest absolute Gasteiger partial charge is 0.312 e. The lowest BCUT2D eigenvalue weighted by atomic mass is 10.2. The Balaban J connectivity index is 1.81. The molecule has 6 heteroatoms. The summed E-state index contributed by atoms with van der Waals surface area (Å²) in [6.07, 6.45) is 4.75. The molecule has 1 aromatic rings. The minimum absolute atomic E-state index is 0.423. The van der Waals surface area contributed by atoms with Gasteiger partial charge in [0.2, 0.25) is 10.0 Å². The van der Waals surface area contributed by atoms with Gasteiger partial charge < -0.3 is 5.32 Å². The number of hydrogen-bond donors (Lipinski definition) is 2. The molecule has 19 heavy (non-hydrogen) atoms. The summed E-state index contributed by atoms with van der Waals surface area (Å²) in [5.74, 6) is 0.859. The number of sulfonamides is 1. The van der Waals surface area contributed by atoms with Crippen LogP contribution in [0.5, 0.6) is 0 Å². The lowest BCUT2D eigenvalue weighted by Crippen LogP contribution is -2.24. The van der Waals surface area contributed by atoms with Gasteiger partial charge in [0.05, 0.1) is 0 Å². The fourth-order valence-electron chi connectivity index (χ4n) is 1.92. The molecule has 108 valence electrons. The van der Waals surface area contributed by atoms with Crippen LogP contribution in [0.25, 0.3) is 0 Å². The van der Waals surface area contributed by atoms with Crippen LogP contribution in [-0.4, -0.2) is 21.5 Å². The Bertz CT molecular complexity index is 492. The zero-order valence-corrected chi connectivity index (χ0v) is 12.9. The van der Waals surface area contributed by atoms with E-state index in [1.165, 1.54) is 24.2 Å². The van der Waals surface area contributed by atoms with Crippen LogP contribution in [0.4, 0.5) is 0 Å². The van der Waals surface area contributed by atoms with E-state index in [0.717, 1.165) is 36.7 Å². The van der Waals surface area contributed by atoms with Gasteiger partial charge in [-0.2, -0.15) is 0 Å². The van der Waals surface area contributed by atoms with Gasteiger partial charge in [0.1, 0.15) is 4.21 Å². The molecule has 2 N–H and O–H groups in total. The van der Waals surface area contributed by atoms with Gasteiger partial charge in [-0.3, -0.25) is 0 Å². The Hall–Kier alpha value is -0.430. The summed E-state index contributed by atoms with van der Waals surface area (Å²) < 4.78 is 27.2. The highest BCUT2D eigenvalue weighted by Gasteiger charge is 2.21. The smallest absolute Gasteiger partial charge is 0.250 e. The molecule has 0 atom stereocenters. The van der Waals surface area contributed by atoms with Crippen molar-refractivity contribution in [1.29, 1.82) is 0 Å². The molecule has 1 aliphatic rings. The summed E-state index contributed by atoms with van der Waals surface area (Å²) in [5.41, 5.74) is 0. The summed E-state index contributed by atoms with van der Waals surface area (Å²) in [4.78, 5) is 1.06. The number of nitrogens with one attached hydrogen (secondary N) is 2. The number of hydrogen-bond acceptors (Lipinski definition) is 4. The Morgan fingerprint density at radius 3 is 2.84 bits per heavy atom. The maximum atomic E-state index is 12.1. The maximum Gasteiger partial charge on any atom is 0.250 e. The summed E-state index contributed by atoms with van der Waals surface area (Å²) >= 11 is 1.34. The predicted octanol–water partition coefficient (Wildman–Crippen LogP) is 2.33. The van der Waals surface area contributed by atoms with Gasteiger partial charge >= 0.3 is 0 Å². The Morgan fingerprint density at radius 1 is 1.37 bits per heavy atom. The monoisotopic (exact) mass is 302 g/mol. The third-order valence-corrected chi connectivity index (χ3v) is 6.27. The summed E-state index contributed by atoms with van der Waals surface area (Å²) in [6.45, 7) is 4.21. The van der Waals surface area contributed by atoms with Crippen LogP contribution in [0.2, 0.25) is 0 Å². The van der Waals surface area contributed by atoms with Crippen LogP contribution in [-0.2, 0) is 16.6 Å². The van der Waals surface area contributed by atoms with Crippen LogP contribution in [0, 0.1) is 5.92 Å². The highest BCUT2D eigenvalue weighted by Crippen LogP contribution is 2.33. The van der Waals surface area contributed by atoms with E-state index in [9.17, 15) is 8.42 Å². The van der Waals surface area contributed by atoms with E-state index in [0.29, 0.717) is 10.8 Å². The molecule has 0 amide bonds. The van der Waals surface area contributed by atoms with Crippen molar-refractivity contribution in [2.24, 2.45) is 5.92 Å². The van der Waals surface area contributed by atoms with E-state index in [1.54, 1.807) is 6.07 Å². The van der Waals surface area contributed by atoms with E-state index in [2.05, 4.69) is 10.0 Å². The highest BCUT2D eigenvalue weighted by molar-refractivity contribution is 7.91. The van der Waals surface area contributed by atoms with E-state index in [1.807, 2.05) is 13.0 Å². The van der Waals surface area contributed by atoms with Crippen molar-refractivity contribution in [2.75, 3.05) is 13.1 Å². The third kappa shape index (κ3) is 4.87. The topological polar surface area (TPSA) is 58.2 Å². The molecule has 0 spiro atoms. The van der Waals surface area contributed by atoms with Crippen molar-refractivity contribution in [1.82, 2.24) is 10.0 Å². The lowest BCUT2D eigenvalue weighted by molar-refractivity contribution is 0.574. The second-order valence-corrected chi connectivity index (χ2v) is 8.15. The predicted molar refractivity (Wildman–Crippen MR) is 78.8 cm³/mol. The maximum absolute atomic E-state index is 12.1. The molecule has 1 aromatic heterocycles. The van der Waals surface area contributed by atoms with E-state index >= 15 is 0 Å². The average molecular weight is 302 g/mol. The summed E-state index contributed by atoms with van der Waals surface area (Å²) in [5, 5.41) is 3.20. The van der Waals surface area contributed by atoms with Crippen LogP contribution in [0.15, 0.2) is 16.3 Å². The van der Waals surface area contributed by atoms with Gasteiger partial charge in [-0.15, -0.1) is 11.3 Å². The minimum Gasteiger partial charge on any atom is -0.312 e. The van der Waals surface area contributed by atoms with Gasteiger partial charge in [-0.05, 0) is 37.4 Å². The van der Waals surface area contributed by atoms with Crippen molar-refractivity contribution in [3.63, 3.8) is 0 Å². The average Bonchev–Trinajstić information content (AvgIpc) is 3.08. The van der Waals surface area contributed by atoms with Crippen molar-refractivity contribution < 1.29 is 8.42 Å². The molecule has 0 bridgehead atoms. The minimum atomic E-state index is -3.30. The number of rotatable bonds is 9. The van der Waals surface area contributed by atoms with E-state index in [-0.39, 0.29) is 0 Å². The van der Waals surface area contributed by atoms with Gasteiger partial charge in [0.15, 0.2) is 0 Å². The molecule has 4 nitrogen and oxygen atoms in total. The van der Waals surface area contributed by atoms with Crippen LogP contribution < -0.4 is 10.0 Å². The first-order valence-corrected chi connectivity index (χ1v) is 9.21. The highest BCUT2D eigenvalue weighted by atomic mass is 32.2. The van der Waals surface area contributed by atoms with Gasteiger partial charge in [0.25, 0.3) is 0 Å². The molecule has 0 radical (unpaired) electrons. The Labute approximate surface area is 119 Å². The molecule has 1 fully saturated rings. The van der Waals surface area contributed by atoms with Crippen molar-refractivity contribution in [3.05, 3.63) is 17.0 Å². The fourth-order valence-corrected chi connectivity index (χ4v) is 4.36. The molecule has 0 unspecified atom stereocenters. The zero-order chi connectivity index (χ0) is 13.7. The molecule has 1 aliphatic carbocycles. The van der Waals surface area contributed by atoms with Crippen molar-refractivity contribution in [3.8, 4) is 0 Å². The molecular formula is C13H22N2O2S2. The molecule has 0 saturated heterocycles. The first kappa shape index (κ1) is 15.0. The first-order valence-electron chi connectivity index (χ1n) is 6.91. The lowest BCUT2D eigenvalue weighted by Gasteiger charge is -2.04. The molecule has 0 aliphatic heterocycles. The molecule has 1 saturated carbocycles. The standard InChI is InChI=1S/C13H22N2O2S2/c1-2-14-10-12-7-8-13(18-12)19(16,17)15-9-3-4-11-5-6-11/h7-8,11,14-15H,2-6,9-10H2,1H3. The third-order valence-electron chi connectivity index (χ3n) is 3.23. The van der Waals surface area contributed by atoms with Crippen molar-refractivity contribution in [2.45, 2.75) is 43.4 Å². The number of thiophene rings is 1. The zero-order valence-electron chi connectivity index (χ0n) is 11.3. The second kappa shape index (κ2) is 6.83. The molecule has 2 rings (SSSR count). The summed E-state index contributed by atoms with van der Waals surface area (Å²) in [6, 6.07) is 3.58. The molecule has 0 aromatic carbocycles. The Kier molecular flexibility index (Phi) is 5.38. The fraction of sp³-hybridized carbons (Fsp3) is 0.692. The molecule has 1 heterocycles. The Morgan fingerprint density at radius 2 is 2.16 bits per heavy atom. The molecular weight excluding hydrogens is 280 g/mol. The van der Waals surface area contributed by atoms with Gasteiger partial charge in [-0.1, -0.05) is 19.8 Å². The SMILES string of the molecule is CCNCc1ccc(S(=O)(=O)NCCCC2CC2)s1. The first-order chi connectivity index (χ1) is 9.12. The van der Waals surface area contributed by atoms with Gasteiger partial charge in [-0.25, -0.2) is 13.1 Å². The second-order valence-electron chi connectivity index (χ2n) is 4.98. The van der Waals surface area contributed by atoms with Gasteiger partial charge in [0, 0.05) is 18.0 Å². The van der Waals surface area contributed by atoms with E-state index in [4.69, 9.17) is 0 Å². The van der Waals surface area contributed by atoms with Crippen LogP contribution >= 0.6 is 11.3 Å². The normalized spacial score (nSPS) is 15.8. The van der Waals surface area contributed by atoms with Crippen LogP contribution in [0.3, 0.4) is 0 Å². The quantitative estimate of drug-likeness (QED) is 0.688. The van der Waals surface area contributed by atoms with Crippen molar-refractivity contribution >= 4 is 21.4 Å². The van der Waals surface area contributed by atoms with Crippen LogP contribution in [0.1, 0.15) is 37.5 Å².